The molecular formula is C17H27N3O. The smallest absolute Gasteiger partial charge is 0.219 e. The van der Waals surface area contributed by atoms with Gasteiger partial charge in [0.2, 0.25) is 5.91 Å². The summed E-state index contributed by atoms with van der Waals surface area (Å²) in [5.41, 5.74) is 8.81. The van der Waals surface area contributed by atoms with Gasteiger partial charge in [0.25, 0.3) is 0 Å². The highest BCUT2D eigenvalue weighted by Crippen LogP contribution is 2.25. The minimum absolute atomic E-state index is 0.0654. The molecular weight excluding hydrogens is 262 g/mol. The first-order chi connectivity index (χ1) is 9.99. The minimum atomic E-state index is 0.0654. The highest BCUT2D eigenvalue weighted by molar-refractivity contribution is 5.73. The maximum atomic E-state index is 11.6. The van der Waals surface area contributed by atoms with Gasteiger partial charge in [-0.05, 0) is 25.8 Å². The fourth-order valence-corrected chi connectivity index (χ4v) is 3.23. The van der Waals surface area contributed by atoms with E-state index in [-0.39, 0.29) is 18.0 Å². The van der Waals surface area contributed by atoms with Crippen LogP contribution >= 0.6 is 0 Å². The molecule has 1 aliphatic heterocycles. The van der Waals surface area contributed by atoms with Gasteiger partial charge >= 0.3 is 0 Å². The number of hydrogen-bond donors (Lipinski definition) is 1. The zero-order chi connectivity index (χ0) is 15.4. The van der Waals surface area contributed by atoms with E-state index in [1.165, 1.54) is 11.1 Å². The van der Waals surface area contributed by atoms with E-state index in [1.807, 2.05) is 4.90 Å². The van der Waals surface area contributed by atoms with Gasteiger partial charge in [0.15, 0.2) is 0 Å². The Kier molecular flexibility index (Phi) is 5.37. The summed E-state index contributed by atoms with van der Waals surface area (Å²) in [5, 5.41) is 0. The number of carbonyl (C=O) groups is 1. The van der Waals surface area contributed by atoms with Gasteiger partial charge in [0.1, 0.15) is 0 Å². The third-order valence-electron chi connectivity index (χ3n) is 4.25. The second kappa shape index (κ2) is 7.05. The zero-order valence-corrected chi connectivity index (χ0v) is 13.4. The molecule has 21 heavy (non-hydrogen) atoms. The molecule has 2 atom stereocenters. The van der Waals surface area contributed by atoms with E-state index in [0.29, 0.717) is 0 Å². The predicted octanol–water partition coefficient (Wildman–Crippen LogP) is 1.94. The maximum Gasteiger partial charge on any atom is 0.219 e. The molecule has 2 rings (SSSR count). The number of carbonyl (C=O) groups excluding carboxylic acids is 1. The van der Waals surface area contributed by atoms with Crippen LogP contribution in [0.3, 0.4) is 0 Å². The van der Waals surface area contributed by atoms with Gasteiger partial charge in [-0.2, -0.15) is 0 Å². The van der Waals surface area contributed by atoms with Crippen LogP contribution < -0.4 is 5.73 Å². The van der Waals surface area contributed by atoms with Gasteiger partial charge in [0, 0.05) is 45.2 Å². The first-order valence-electron chi connectivity index (χ1n) is 7.80. The van der Waals surface area contributed by atoms with Crippen LogP contribution in [0.1, 0.15) is 37.4 Å². The number of rotatable bonds is 3. The number of nitrogens with two attached hydrogens (primary N) is 1. The topological polar surface area (TPSA) is 49.6 Å². The molecule has 1 saturated heterocycles. The quantitative estimate of drug-likeness (QED) is 0.925. The van der Waals surface area contributed by atoms with E-state index in [4.69, 9.17) is 5.73 Å². The molecule has 1 fully saturated rings. The lowest BCUT2D eigenvalue weighted by Gasteiger charge is -2.34. The Morgan fingerprint density at radius 2 is 2.00 bits per heavy atom. The van der Waals surface area contributed by atoms with Crippen LogP contribution in [0.5, 0.6) is 0 Å². The number of aryl methyl sites for hydroxylation is 1. The van der Waals surface area contributed by atoms with E-state index >= 15 is 0 Å². The second-order valence-electron chi connectivity index (χ2n) is 6.11. The number of hydrogen-bond acceptors (Lipinski definition) is 3. The molecule has 1 aromatic rings. The van der Waals surface area contributed by atoms with Gasteiger partial charge in [-0.15, -0.1) is 0 Å². The van der Waals surface area contributed by atoms with Crippen molar-refractivity contribution in [1.82, 2.24) is 9.80 Å². The van der Waals surface area contributed by atoms with E-state index in [0.717, 1.165) is 32.6 Å². The van der Waals surface area contributed by atoms with Crippen LogP contribution in [-0.2, 0) is 4.79 Å². The summed E-state index contributed by atoms with van der Waals surface area (Å²) >= 11 is 0. The summed E-state index contributed by atoms with van der Waals surface area (Å²) in [6, 6.07) is 8.88. The third kappa shape index (κ3) is 4.05. The molecule has 1 aliphatic rings. The maximum absolute atomic E-state index is 11.6. The van der Waals surface area contributed by atoms with E-state index < -0.39 is 0 Å². The molecule has 2 unspecified atom stereocenters. The molecule has 0 aliphatic carbocycles. The van der Waals surface area contributed by atoms with Crippen LogP contribution in [0.15, 0.2) is 24.3 Å². The normalized spacial score (nSPS) is 19.9. The Bertz CT molecular complexity index is 487. The molecule has 0 spiro atoms. The summed E-state index contributed by atoms with van der Waals surface area (Å²) in [5.74, 6) is 0.171. The first kappa shape index (κ1) is 16.0. The minimum Gasteiger partial charge on any atom is -0.342 e. The summed E-state index contributed by atoms with van der Waals surface area (Å²) in [4.78, 5) is 15.9. The van der Waals surface area contributed by atoms with E-state index in [9.17, 15) is 4.79 Å². The van der Waals surface area contributed by atoms with Crippen molar-refractivity contribution in [3.63, 3.8) is 0 Å². The molecule has 0 radical (unpaired) electrons. The van der Waals surface area contributed by atoms with Crippen LogP contribution in [0.25, 0.3) is 0 Å². The third-order valence-corrected chi connectivity index (χ3v) is 4.25. The van der Waals surface area contributed by atoms with E-state index in [1.54, 1.807) is 6.92 Å². The molecule has 1 aromatic carbocycles. The first-order valence-corrected chi connectivity index (χ1v) is 7.80. The summed E-state index contributed by atoms with van der Waals surface area (Å²) in [6.07, 6.45) is 1.01. The molecule has 1 heterocycles. The van der Waals surface area contributed by atoms with Gasteiger partial charge in [-0.25, -0.2) is 0 Å². The molecule has 2 N–H and O–H groups in total. The van der Waals surface area contributed by atoms with Crippen LogP contribution in [0.4, 0.5) is 0 Å². The van der Waals surface area contributed by atoms with Gasteiger partial charge in [0.05, 0.1) is 0 Å². The van der Waals surface area contributed by atoms with Crippen molar-refractivity contribution in [1.29, 1.82) is 0 Å². The van der Waals surface area contributed by atoms with Gasteiger partial charge < -0.3 is 10.6 Å². The van der Waals surface area contributed by atoms with Crippen LogP contribution in [-0.4, -0.2) is 47.9 Å². The SMILES string of the molecule is CC(=O)N1CCCN(C(c2cccc(C)c2)C(C)N)CC1. The predicted molar refractivity (Wildman–Crippen MR) is 86.0 cm³/mol. The second-order valence-corrected chi connectivity index (χ2v) is 6.11. The van der Waals surface area contributed by atoms with Crippen molar-refractivity contribution in [2.75, 3.05) is 26.2 Å². The molecule has 4 heteroatoms. The highest BCUT2D eigenvalue weighted by Gasteiger charge is 2.26. The Hall–Kier alpha value is -1.39. The lowest BCUT2D eigenvalue weighted by molar-refractivity contribution is -0.128. The van der Waals surface area contributed by atoms with Crippen molar-refractivity contribution >= 4 is 5.91 Å². The molecule has 4 nitrogen and oxygen atoms in total. The van der Waals surface area contributed by atoms with Gasteiger partial charge in [-0.1, -0.05) is 29.8 Å². The zero-order valence-electron chi connectivity index (χ0n) is 13.4. The Balaban J connectivity index is 2.17. The monoisotopic (exact) mass is 289 g/mol. The molecule has 0 saturated carbocycles. The van der Waals surface area contributed by atoms with E-state index in [2.05, 4.69) is 43.0 Å². The van der Waals surface area contributed by atoms with Crippen molar-refractivity contribution in [2.45, 2.75) is 39.3 Å². The lowest BCUT2D eigenvalue weighted by atomic mass is 9.97. The molecule has 1 amide bonds. The Labute approximate surface area is 127 Å². The number of benzene rings is 1. The Morgan fingerprint density at radius 1 is 1.24 bits per heavy atom. The van der Waals surface area contributed by atoms with Gasteiger partial charge in [-0.3, -0.25) is 9.69 Å². The average Bonchev–Trinajstić information content (AvgIpc) is 2.64. The molecule has 0 bridgehead atoms. The average molecular weight is 289 g/mol. The van der Waals surface area contributed by atoms with Crippen molar-refractivity contribution < 1.29 is 4.79 Å². The number of amides is 1. The lowest BCUT2D eigenvalue weighted by Crippen LogP contribution is -2.41. The summed E-state index contributed by atoms with van der Waals surface area (Å²) in [7, 11) is 0. The highest BCUT2D eigenvalue weighted by atomic mass is 16.2. The standard InChI is InChI=1S/C17H27N3O/c1-13-6-4-7-16(12-13)17(14(2)18)20-9-5-8-19(10-11-20)15(3)21/h4,6-7,12,14,17H,5,8-11,18H2,1-3H3. The van der Waals surface area contributed by atoms with Crippen molar-refractivity contribution in [2.24, 2.45) is 5.73 Å². The fraction of sp³-hybridized carbons (Fsp3) is 0.588. The molecule has 0 aromatic heterocycles. The Morgan fingerprint density at radius 3 is 2.62 bits per heavy atom. The fourth-order valence-electron chi connectivity index (χ4n) is 3.23. The number of nitrogens with zero attached hydrogens (tertiary/aromatic N) is 2. The van der Waals surface area contributed by atoms with Crippen molar-refractivity contribution in [3.05, 3.63) is 35.4 Å². The van der Waals surface area contributed by atoms with Crippen LogP contribution in [0.2, 0.25) is 0 Å². The largest absolute Gasteiger partial charge is 0.342 e. The van der Waals surface area contributed by atoms with Crippen LogP contribution in [0, 0.1) is 6.92 Å². The summed E-state index contributed by atoms with van der Waals surface area (Å²) in [6.45, 7) is 9.36. The molecule has 116 valence electrons. The summed E-state index contributed by atoms with van der Waals surface area (Å²) < 4.78 is 0. The van der Waals surface area contributed by atoms with Crippen molar-refractivity contribution in [3.8, 4) is 0 Å².